The molecule has 1 aliphatic heterocycles. The molecular weight excluding hydrogens is 366 g/mol. The van der Waals surface area contributed by atoms with Gasteiger partial charge in [-0.3, -0.25) is 4.79 Å². The number of ether oxygens (including phenoxy) is 1. The molecule has 1 aromatic heterocycles. The van der Waals surface area contributed by atoms with E-state index in [1.54, 1.807) is 17.4 Å². The summed E-state index contributed by atoms with van der Waals surface area (Å²) in [6, 6.07) is 5.60. The third-order valence-corrected chi connectivity index (χ3v) is 6.00. The van der Waals surface area contributed by atoms with E-state index in [9.17, 15) is 4.79 Å². The summed E-state index contributed by atoms with van der Waals surface area (Å²) >= 11 is 9.45. The molecule has 1 unspecified atom stereocenters. The zero-order chi connectivity index (χ0) is 16.9. The fourth-order valence-electron chi connectivity index (χ4n) is 2.32. The van der Waals surface area contributed by atoms with Crippen molar-refractivity contribution in [2.45, 2.75) is 28.6 Å². The predicted octanol–water partition coefficient (Wildman–Crippen LogP) is 3.57. The molecule has 2 N–H and O–H groups in total. The van der Waals surface area contributed by atoms with Gasteiger partial charge in [0.15, 0.2) is 4.34 Å². The van der Waals surface area contributed by atoms with E-state index in [1.165, 1.54) is 11.8 Å². The van der Waals surface area contributed by atoms with Crippen LogP contribution in [0.3, 0.4) is 0 Å². The fraction of sp³-hybridized carbons (Fsp3) is 0.375. The third kappa shape index (κ3) is 4.94. The minimum absolute atomic E-state index is 0.0509. The van der Waals surface area contributed by atoms with Crippen LogP contribution in [0, 0.1) is 6.92 Å². The number of nitrogens with zero attached hydrogens (tertiary/aromatic N) is 1. The summed E-state index contributed by atoms with van der Waals surface area (Å²) in [5, 5.41) is 8.76. The van der Waals surface area contributed by atoms with Gasteiger partial charge in [0, 0.05) is 40.7 Å². The van der Waals surface area contributed by atoms with Crippen LogP contribution in [-0.4, -0.2) is 36.7 Å². The smallest absolute Gasteiger partial charge is 0.226 e. The molecule has 1 amide bonds. The molecule has 1 saturated heterocycles. The van der Waals surface area contributed by atoms with Crippen molar-refractivity contribution in [2.75, 3.05) is 25.1 Å². The molecule has 0 aliphatic carbocycles. The Bertz CT molecular complexity index is 717. The molecule has 5 nitrogen and oxygen atoms in total. The first kappa shape index (κ1) is 17.7. The summed E-state index contributed by atoms with van der Waals surface area (Å²) < 4.78 is 6.31. The van der Waals surface area contributed by atoms with Crippen molar-refractivity contribution in [1.29, 1.82) is 0 Å². The molecule has 2 aromatic rings. The van der Waals surface area contributed by atoms with Gasteiger partial charge in [-0.2, -0.15) is 0 Å². The average Bonchev–Trinajstić information content (AvgIpc) is 2.96. The van der Waals surface area contributed by atoms with Gasteiger partial charge < -0.3 is 15.4 Å². The van der Waals surface area contributed by atoms with E-state index >= 15 is 0 Å². The Kier molecular flexibility index (Phi) is 6.13. The SMILES string of the molecule is Cc1csc(Sc2ccc(NC(=O)CC3COCCN3)cc2Cl)n1. The van der Waals surface area contributed by atoms with E-state index in [-0.39, 0.29) is 11.9 Å². The van der Waals surface area contributed by atoms with E-state index in [1.807, 2.05) is 24.4 Å². The molecule has 0 spiro atoms. The quantitative estimate of drug-likeness (QED) is 0.826. The Balaban J connectivity index is 1.58. The molecule has 2 heterocycles. The minimum Gasteiger partial charge on any atom is -0.378 e. The van der Waals surface area contributed by atoms with Crippen molar-refractivity contribution in [3.05, 3.63) is 34.3 Å². The zero-order valence-corrected chi connectivity index (χ0v) is 15.6. The topological polar surface area (TPSA) is 63.2 Å². The van der Waals surface area contributed by atoms with Crippen molar-refractivity contribution in [3.8, 4) is 0 Å². The second-order valence-corrected chi connectivity index (χ2v) is 8.03. The molecule has 8 heteroatoms. The van der Waals surface area contributed by atoms with E-state index < -0.39 is 0 Å². The number of rotatable bonds is 5. The highest BCUT2D eigenvalue weighted by atomic mass is 35.5. The summed E-state index contributed by atoms with van der Waals surface area (Å²) in [6.45, 7) is 4.02. The molecular formula is C16H18ClN3O2S2. The van der Waals surface area contributed by atoms with Crippen molar-refractivity contribution >= 4 is 46.3 Å². The number of amides is 1. The number of thiazole rings is 1. The molecule has 3 rings (SSSR count). The summed E-state index contributed by atoms with van der Waals surface area (Å²) in [5.41, 5.74) is 1.70. The molecule has 1 fully saturated rings. The second kappa shape index (κ2) is 8.31. The van der Waals surface area contributed by atoms with Gasteiger partial charge in [0.05, 0.1) is 18.2 Å². The average molecular weight is 384 g/mol. The lowest BCUT2D eigenvalue weighted by atomic mass is 10.2. The molecule has 0 bridgehead atoms. The fourth-order valence-corrected chi connectivity index (χ4v) is 4.41. The highest BCUT2D eigenvalue weighted by Gasteiger charge is 2.17. The Morgan fingerprint density at radius 2 is 2.46 bits per heavy atom. The van der Waals surface area contributed by atoms with Crippen molar-refractivity contribution in [2.24, 2.45) is 0 Å². The van der Waals surface area contributed by atoms with E-state index in [2.05, 4.69) is 15.6 Å². The number of aryl methyl sites for hydroxylation is 1. The first-order chi connectivity index (χ1) is 11.6. The number of anilines is 1. The maximum absolute atomic E-state index is 12.1. The number of hydrogen-bond acceptors (Lipinski definition) is 6. The van der Waals surface area contributed by atoms with Crippen molar-refractivity contribution < 1.29 is 9.53 Å². The number of carbonyl (C=O) groups excluding carboxylic acids is 1. The number of nitrogens with one attached hydrogen (secondary N) is 2. The summed E-state index contributed by atoms with van der Waals surface area (Å²) in [6.07, 6.45) is 0.381. The number of halogens is 1. The number of aromatic nitrogens is 1. The number of carbonyl (C=O) groups is 1. The highest BCUT2D eigenvalue weighted by Crippen LogP contribution is 2.36. The van der Waals surface area contributed by atoms with Gasteiger partial charge in [-0.25, -0.2) is 4.98 Å². The van der Waals surface area contributed by atoms with Gasteiger partial charge >= 0.3 is 0 Å². The van der Waals surface area contributed by atoms with Gasteiger partial charge in [-0.05, 0) is 25.1 Å². The van der Waals surface area contributed by atoms with Gasteiger partial charge in [-0.15, -0.1) is 11.3 Å². The van der Waals surface area contributed by atoms with Gasteiger partial charge in [0.25, 0.3) is 0 Å². The maximum Gasteiger partial charge on any atom is 0.226 e. The lowest BCUT2D eigenvalue weighted by Crippen LogP contribution is -2.43. The van der Waals surface area contributed by atoms with Crippen LogP contribution in [0.15, 0.2) is 32.8 Å². The van der Waals surface area contributed by atoms with Crippen molar-refractivity contribution in [3.63, 3.8) is 0 Å². The Labute approximate surface area is 154 Å². The lowest BCUT2D eigenvalue weighted by Gasteiger charge is -2.23. The van der Waals surface area contributed by atoms with E-state index in [0.29, 0.717) is 30.3 Å². The van der Waals surface area contributed by atoms with Crippen LogP contribution in [0.4, 0.5) is 5.69 Å². The van der Waals surface area contributed by atoms with Crippen LogP contribution in [0.25, 0.3) is 0 Å². The molecule has 0 radical (unpaired) electrons. The van der Waals surface area contributed by atoms with Crippen LogP contribution in [0.5, 0.6) is 0 Å². The lowest BCUT2D eigenvalue weighted by molar-refractivity contribution is -0.117. The van der Waals surface area contributed by atoms with Gasteiger partial charge in [-0.1, -0.05) is 23.4 Å². The van der Waals surface area contributed by atoms with Crippen LogP contribution >= 0.6 is 34.7 Å². The van der Waals surface area contributed by atoms with E-state index in [4.69, 9.17) is 16.3 Å². The summed E-state index contributed by atoms with van der Waals surface area (Å²) in [4.78, 5) is 17.4. The Hall–Kier alpha value is -1.12. The monoisotopic (exact) mass is 383 g/mol. The van der Waals surface area contributed by atoms with Crippen molar-refractivity contribution in [1.82, 2.24) is 10.3 Å². The number of morpholine rings is 1. The normalized spacial score (nSPS) is 17.7. The Morgan fingerprint density at radius 3 is 3.12 bits per heavy atom. The molecule has 1 aromatic carbocycles. The van der Waals surface area contributed by atoms with Crippen LogP contribution < -0.4 is 10.6 Å². The molecule has 1 atom stereocenters. The highest BCUT2D eigenvalue weighted by molar-refractivity contribution is 8.01. The molecule has 24 heavy (non-hydrogen) atoms. The summed E-state index contributed by atoms with van der Waals surface area (Å²) in [7, 11) is 0. The number of hydrogen-bond donors (Lipinski definition) is 2. The Morgan fingerprint density at radius 1 is 1.58 bits per heavy atom. The molecule has 0 saturated carbocycles. The van der Waals surface area contributed by atoms with Crippen LogP contribution in [0.2, 0.25) is 5.02 Å². The van der Waals surface area contributed by atoms with Crippen LogP contribution in [-0.2, 0) is 9.53 Å². The second-order valence-electron chi connectivity index (χ2n) is 5.48. The molecule has 128 valence electrons. The zero-order valence-electron chi connectivity index (χ0n) is 13.2. The number of benzene rings is 1. The summed E-state index contributed by atoms with van der Waals surface area (Å²) in [5.74, 6) is -0.0509. The van der Waals surface area contributed by atoms with Crippen LogP contribution in [0.1, 0.15) is 12.1 Å². The molecule has 1 aliphatic rings. The standard InChI is InChI=1S/C16H18ClN3O2S2/c1-10-9-23-16(19-10)24-14-3-2-11(6-13(14)17)20-15(21)7-12-8-22-5-4-18-12/h2-3,6,9,12,18H,4-5,7-8H2,1H3,(H,20,21). The third-order valence-electron chi connectivity index (χ3n) is 3.44. The largest absolute Gasteiger partial charge is 0.378 e. The first-order valence-corrected chi connectivity index (χ1v) is 9.68. The van der Waals surface area contributed by atoms with Gasteiger partial charge in [0.1, 0.15) is 0 Å². The van der Waals surface area contributed by atoms with Gasteiger partial charge in [0.2, 0.25) is 5.91 Å². The minimum atomic E-state index is -0.0509. The maximum atomic E-state index is 12.1. The first-order valence-electron chi connectivity index (χ1n) is 7.60. The predicted molar refractivity (Wildman–Crippen MR) is 98.3 cm³/mol. The van der Waals surface area contributed by atoms with E-state index in [0.717, 1.165) is 21.5 Å².